The monoisotopic (exact) mass is 579 g/mol. The lowest BCUT2D eigenvalue weighted by Gasteiger charge is -2.35. The molecule has 2 aliphatic heterocycles. The minimum Gasteiger partial charge on any atom is -0.459 e. The number of nitrogens with one attached hydrogen (secondary N) is 1. The van der Waals surface area contributed by atoms with E-state index in [0.717, 1.165) is 23.9 Å². The van der Waals surface area contributed by atoms with Gasteiger partial charge >= 0.3 is 5.69 Å². The maximum atomic E-state index is 13.9. The highest BCUT2D eigenvalue weighted by atomic mass is 16.7. The molecule has 4 aromatic rings. The number of rotatable bonds is 8. The molecule has 1 aromatic heterocycles. The largest absolute Gasteiger partial charge is 0.459 e. The molecule has 0 saturated carbocycles. The van der Waals surface area contributed by atoms with Gasteiger partial charge in [0.25, 0.3) is 5.91 Å². The Balaban J connectivity index is 1.12. The fourth-order valence-electron chi connectivity index (χ4n) is 7.01. The zero-order chi connectivity index (χ0) is 29.3. The van der Waals surface area contributed by atoms with Crippen molar-refractivity contribution in [1.82, 2.24) is 14.5 Å². The standard InChI is InChI=1S/C35H37N3O5/c39-18-5-6-19-42-33-22-24(27-10-7-11-28-26-9-2-1-8-23(26)20-29(27)28)21-32(43-33)34(40)37-16-14-25(15-17-37)38-31-13-4-3-12-30(31)36-35(38)41/h1-4,7-13,21,24-25,33,39H,5-6,14-20,22H2,(H,36,41)/t24-,33+/m1/s1. The van der Waals surface area contributed by atoms with Crippen molar-refractivity contribution in [1.29, 1.82) is 0 Å². The van der Waals surface area contributed by atoms with E-state index >= 15 is 0 Å². The Kier molecular flexibility index (Phi) is 7.63. The molecule has 43 heavy (non-hydrogen) atoms. The Morgan fingerprint density at radius 2 is 1.77 bits per heavy atom. The van der Waals surface area contributed by atoms with E-state index in [2.05, 4.69) is 47.4 Å². The minimum atomic E-state index is -0.547. The molecule has 2 N–H and O–H groups in total. The second-order valence-corrected chi connectivity index (χ2v) is 11.8. The third-order valence-electron chi connectivity index (χ3n) is 9.15. The molecule has 0 radical (unpaired) electrons. The maximum Gasteiger partial charge on any atom is 0.326 e. The predicted molar refractivity (Wildman–Crippen MR) is 165 cm³/mol. The number of aromatic amines is 1. The van der Waals surface area contributed by atoms with Crippen LogP contribution in [0.4, 0.5) is 0 Å². The number of ether oxygens (including phenoxy) is 2. The van der Waals surface area contributed by atoms with Gasteiger partial charge in [0.2, 0.25) is 6.29 Å². The molecule has 3 aromatic carbocycles. The topological polar surface area (TPSA) is 96.8 Å². The van der Waals surface area contributed by atoms with E-state index in [-0.39, 0.29) is 30.2 Å². The predicted octanol–water partition coefficient (Wildman–Crippen LogP) is 5.27. The number of hydrogen-bond acceptors (Lipinski definition) is 5. The summed E-state index contributed by atoms with van der Waals surface area (Å²) >= 11 is 0. The average molecular weight is 580 g/mol. The lowest BCUT2D eigenvalue weighted by molar-refractivity contribution is -0.153. The number of aliphatic hydroxyl groups excluding tert-OH is 1. The van der Waals surface area contributed by atoms with Gasteiger partial charge in [0.05, 0.1) is 17.6 Å². The molecule has 1 fully saturated rings. The molecule has 7 rings (SSSR count). The zero-order valence-electron chi connectivity index (χ0n) is 24.2. The van der Waals surface area contributed by atoms with E-state index in [0.29, 0.717) is 51.1 Å². The van der Waals surface area contributed by atoms with E-state index in [4.69, 9.17) is 9.47 Å². The highest BCUT2D eigenvalue weighted by Gasteiger charge is 2.35. The number of likely N-dealkylation sites (tertiary alicyclic amines) is 1. The molecule has 3 aliphatic rings. The third kappa shape index (κ3) is 5.30. The average Bonchev–Trinajstić information content (AvgIpc) is 3.59. The summed E-state index contributed by atoms with van der Waals surface area (Å²) in [6, 6.07) is 22.8. The van der Waals surface area contributed by atoms with Gasteiger partial charge in [-0.05, 0) is 78.1 Å². The summed E-state index contributed by atoms with van der Waals surface area (Å²) in [6.07, 6.45) is 5.71. The van der Waals surface area contributed by atoms with Crippen molar-refractivity contribution < 1.29 is 19.4 Å². The zero-order valence-corrected chi connectivity index (χ0v) is 24.2. The lowest BCUT2D eigenvalue weighted by atomic mass is 9.87. The summed E-state index contributed by atoms with van der Waals surface area (Å²) in [7, 11) is 0. The van der Waals surface area contributed by atoms with E-state index in [1.54, 1.807) is 0 Å². The number of fused-ring (bicyclic) bond motifs is 4. The van der Waals surface area contributed by atoms with Crippen LogP contribution in [0.15, 0.2) is 83.4 Å². The second-order valence-electron chi connectivity index (χ2n) is 11.8. The first-order valence-electron chi connectivity index (χ1n) is 15.4. The van der Waals surface area contributed by atoms with Crippen LogP contribution in [0.1, 0.15) is 60.8 Å². The third-order valence-corrected chi connectivity index (χ3v) is 9.15. The van der Waals surface area contributed by atoms with Gasteiger partial charge in [-0.1, -0.05) is 54.6 Å². The van der Waals surface area contributed by atoms with Crippen LogP contribution in [0.3, 0.4) is 0 Å². The number of hydrogen-bond donors (Lipinski definition) is 2. The molecular weight excluding hydrogens is 542 g/mol. The van der Waals surface area contributed by atoms with E-state index in [9.17, 15) is 14.7 Å². The van der Waals surface area contributed by atoms with Crippen molar-refractivity contribution in [3.63, 3.8) is 0 Å². The molecule has 1 saturated heterocycles. The van der Waals surface area contributed by atoms with Crippen molar-refractivity contribution in [2.45, 2.75) is 56.8 Å². The Hall–Kier alpha value is -4.14. The molecular formula is C35H37N3O5. The highest BCUT2D eigenvalue weighted by molar-refractivity contribution is 5.92. The number of amides is 1. The Morgan fingerprint density at radius 1 is 0.977 bits per heavy atom. The van der Waals surface area contributed by atoms with Gasteiger partial charge in [-0.2, -0.15) is 0 Å². The van der Waals surface area contributed by atoms with Gasteiger partial charge < -0.3 is 24.5 Å². The quantitative estimate of drug-likeness (QED) is 0.244. The first-order chi connectivity index (χ1) is 21.1. The number of carbonyl (C=O) groups excluding carboxylic acids is 1. The number of carbonyl (C=O) groups is 1. The molecule has 8 heteroatoms. The highest BCUT2D eigenvalue weighted by Crippen LogP contribution is 2.43. The van der Waals surface area contributed by atoms with Crippen molar-refractivity contribution in [2.75, 3.05) is 26.3 Å². The summed E-state index contributed by atoms with van der Waals surface area (Å²) in [4.78, 5) is 31.5. The van der Waals surface area contributed by atoms with E-state index < -0.39 is 6.29 Å². The smallest absolute Gasteiger partial charge is 0.326 e. The molecule has 1 amide bonds. The first kappa shape index (κ1) is 27.7. The van der Waals surface area contributed by atoms with Crippen LogP contribution in [0.5, 0.6) is 0 Å². The summed E-state index contributed by atoms with van der Waals surface area (Å²) < 4.78 is 14.2. The molecule has 3 heterocycles. The number of H-pyrrole nitrogens is 1. The Bertz CT molecular complexity index is 1730. The van der Waals surface area contributed by atoms with Gasteiger partial charge in [-0.3, -0.25) is 9.36 Å². The van der Waals surface area contributed by atoms with E-state index in [1.807, 2.05) is 39.8 Å². The van der Waals surface area contributed by atoms with Crippen molar-refractivity contribution in [3.05, 3.63) is 106 Å². The van der Waals surface area contributed by atoms with Crippen LogP contribution >= 0.6 is 0 Å². The van der Waals surface area contributed by atoms with Crippen LogP contribution in [-0.2, 0) is 20.7 Å². The normalized spacial score (nSPS) is 20.0. The van der Waals surface area contributed by atoms with Gasteiger partial charge in [0.15, 0.2) is 5.76 Å². The van der Waals surface area contributed by atoms with Crippen molar-refractivity contribution >= 4 is 16.9 Å². The molecule has 222 valence electrons. The molecule has 8 nitrogen and oxygen atoms in total. The lowest BCUT2D eigenvalue weighted by Crippen LogP contribution is -2.42. The van der Waals surface area contributed by atoms with E-state index in [1.165, 1.54) is 27.8 Å². The second kappa shape index (κ2) is 11.9. The first-order valence-corrected chi connectivity index (χ1v) is 15.4. The van der Waals surface area contributed by atoms with Crippen LogP contribution in [-0.4, -0.2) is 58.1 Å². The van der Waals surface area contributed by atoms with Crippen molar-refractivity contribution in [3.8, 4) is 11.1 Å². The number of imidazole rings is 1. The van der Waals surface area contributed by atoms with Crippen LogP contribution in [0.2, 0.25) is 0 Å². The van der Waals surface area contributed by atoms with Gasteiger partial charge in [-0.25, -0.2) is 4.79 Å². The summed E-state index contributed by atoms with van der Waals surface area (Å²) in [6.45, 7) is 1.67. The summed E-state index contributed by atoms with van der Waals surface area (Å²) in [5.74, 6) is 0.176. The number of unbranched alkanes of at least 4 members (excludes halogenated alkanes) is 1. The van der Waals surface area contributed by atoms with Crippen LogP contribution in [0, 0.1) is 0 Å². The number of aromatic nitrogens is 2. The number of allylic oxidation sites excluding steroid dienone is 1. The molecule has 0 spiro atoms. The summed E-state index contributed by atoms with van der Waals surface area (Å²) in [5, 5.41) is 9.20. The summed E-state index contributed by atoms with van der Waals surface area (Å²) in [5.41, 5.74) is 8.01. The van der Waals surface area contributed by atoms with Crippen LogP contribution < -0.4 is 5.69 Å². The van der Waals surface area contributed by atoms with Gasteiger partial charge in [0.1, 0.15) is 0 Å². The fourth-order valence-corrected chi connectivity index (χ4v) is 7.01. The van der Waals surface area contributed by atoms with Crippen molar-refractivity contribution in [2.24, 2.45) is 0 Å². The Morgan fingerprint density at radius 3 is 2.63 bits per heavy atom. The molecule has 0 bridgehead atoms. The van der Waals surface area contributed by atoms with Gasteiger partial charge in [-0.15, -0.1) is 0 Å². The molecule has 2 atom stereocenters. The maximum absolute atomic E-state index is 13.9. The molecule has 0 unspecified atom stereocenters. The Labute approximate surface area is 250 Å². The number of benzene rings is 3. The van der Waals surface area contributed by atoms with Crippen LogP contribution in [0.25, 0.3) is 22.2 Å². The van der Waals surface area contributed by atoms with Gasteiger partial charge in [0, 0.05) is 38.1 Å². The fraction of sp³-hybridized carbons (Fsp3) is 0.371. The number of aliphatic hydroxyl groups is 1. The minimum absolute atomic E-state index is 0.0258. The number of piperidine rings is 1. The SMILES string of the molecule is O=C(C1=C[C@@H](c2cccc3c2Cc2ccccc2-3)C[C@@H](OCCCCO)O1)N1CCC(n2c(=O)[nH]c3ccccc32)CC1. The number of para-hydroxylation sites is 2. The number of nitrogens with zero attached hydrogens (tertiary/aromatic N) is 2. The molecule has 1 aliphatic carbocycles.